The molecule has 1 aromatic carbocycles. The van der Waals surface area contributed by atoms with E-state index in [-0.39, 0.29) is 33.1 Å². The summed E-state index contributed by atoms with van der Waals surface area (Å²) in [4.78, 5) is 16.4. The molecule has 1 aliphatic heterocycles. The number of anilines is 1. The van der Waals surface area contributed by atoms with Crippen LogP contribution in [0.2, 0.25) is 10.0 Å². The summed E-state index contributed by atoms with van der Waals surface area (Å²) in [5.41, 5.74) is 1.14. The largest absolute Gasteiger partial charge is 0.586 e. The lowest BCUT2D eigenvalue weighted by molar-refractivity contribution is -0.286. The fraction of sp³-hybridized carbons (Fsp3) is 0.118. The lowest BCUT2D eigenvalue weighted by atomic mass is 10.1. The first-order chi connectivity index (χ1) is 13.2. The molecule has 0 atom stereocenters. The van der Waals surface area contributed by atoms with E-state index in [9.17, 15) is 13.6 Å². The van der Waals surface area contributed by atoms with Gasteiger partial charge in [0.1, 0.15) is 11.5 Å². The molecule has 3 heterocycles. The number of nitrogens with one attached hydrogen (secondary N) is 1. The third-order valence-electron chi connectivity index (χ3n) is 3.92. The highest BCUT2D eigenvalue weighted by atomic mass is 35.5. The highest BCUT2D eigenvalue weighted by Crippen LogP contribution is 2.46. The lowest BCUT2D eigenvalue weighted by Crippen LogP contribution is -2.25. The van der Waals surface area contributed by atoms with Gasteiger partial charge in [-0.15, -0.1) is 8.78 Å². The van der Waals surface area contributed by atoms with Gasteiger partial charge in [0.25, 0.3) is 5.91 Å². The molecule has 0 unspecified atom stereocenters. The number of carbonyl (C=O) groups is 1. The summed E-state index contributed by atoms with van der Waals surface area (Å²) >= 11 is 12.1. The van der Waals surface area contributed by atoms with Gasteiger partial charge in [0, 0.05) is 30.4 Å². The number of halogens is 4. The maximum absolute atomic E-state index is 13.2. The number of aromatic nitrogens is 3. The van der Waals surface area contributed by atoms with Crippen molar-refractivity contribution in [3.63, 3.8) is 0 Å². The van der Waals surface area contributed by atoms with Crippen molar-refractivity contribution in [2.24, 2.45) is 7.05 Å². The van der Waals surface area contributed by atoms with Crippen LogP contribution >= 0.6 is 23.2 Å². The normalized spacial score (nSPS) is 14.2. The van der Waals surface area contributed by atoms with Gasteiger partial charge in [-0.1, -0.05) is 23.2 Å². The van der Waals surface area contributed by atoms with Gasteiger partial charge in [0.15, 0.2) is 11.5 Å². The Hall–Kier alpha value is -2.91. The van der Waals surface area contributed by atoms with Crippen molar-refractivity contribution in [2.75, 3.05) is 5.32 Å². The molecule has 0 bridgehead atoms. The Bertz CT molecular complexity index is 1070. The number of hydrogen-bond acceptors (Lipinski definition) is 5. The molecule has 1 N–H and O–H groups in total. The van der Waals surface area contributed by atoms with E-state index in [1.54, 1.807) is 13.1 Å². The van der Waals surface area contributed by atoms with Gasteiger partial charge in [-0.2, -0.15) is 5.10 Å². The number of carbonyl (C=O) groups excluding carboxylic acids is 1. The molecule has 0 spiro atoms. The van der Waals surface area contributed by atoms with E-state index in [2.05, 4.69) is 24.9 Å². The Morgan fingerprint density at radius 1 is 1.14 bits per heavy atom. The summed E-state index contributed by atoms with van der Waals surface area (Å²) in [7, 11) is 1.59. The van der Waals surface area contributed by atoms with E-state index in [0.29, 0.717) is 11.1 Å². The van der Waals surface area contributed by atoms with Crippen molar-refractivity contribution >= 4 is 34.9 Å². The Morgan fingerprint density at radius 3 is 2.46 bits per heavy atom. The summed E-state index contributed by atoms with van der Waals surface area (Å²) in [6.45, 7) is 0. The van der Waals surface area contributed by atoms with Gasteiger partial charge in [-0.25, -0.2) is 4.98 Å². The number of aryl methyl sites for hydroxylation is 1. The third-order valence-corrected chi connectivity index (χ3v) is 4.51. The topological polar surface area (TPSA) is 78.3 Å². The molecule has 144 valence electrons. The fourth-order valence-corrected chi connectivity index (χ4v) is 3.18. The summed E-state index contributed by atoms with van der Waals surface area (Å²) < 4.78 is 36.5. The molecule has 3 aromatic rings. The van der Waals surface area contributed by atoms with Crippen molar-refractivity contribution in [1.82, 2.24) is 14.8 Å². The average Bonchev–Trinajstić information content (AvgIpc) is 3.11. The van der Waals surface area contributed by atoms with Crippen LogP contribution in [0.3, 0.4) is 0 Å². The maximum Gasteiger partial charge on any atom is 0.586 e. The number of amides is 1. The van der Waals surface area contributed by atoms with Gasteiger partial charge >= 0.3 is 6.29 Å². The van der Waals surface area contributed by atoms with E-state index in [1.165, 1.54) is 35.3 Å². The van der Waals surface area contributed by atoms with Crippen molar-refractivity contribution < 1.29 is 23.0 Å². The molecular weight excluding hydrogens is 417 g/mol. The van der Waals surface area contributed by atoms with Crippen LogP contribution in [0.5, 0.6) is 11.5 Å². The Morgan fingerprint density at radius 2 is 1.86 bits per heavy atom. The van der Waals surface area contributed by atoms with Crippen LogP contribution in [-0.2, 0) is 7.05 Å². The summed E-state index contributed by atoms with van der Waals surface area (Å²) in [6, 6.07) is 5.73. The molecule has 1 amide bonds. The average molecular weight is 427 g/mol. The molecule has 7 nitrogen and oxygen atoms in total. The number of nitrogens with zero attached hydrogens (tertiary/aromatic N) is 3. The van der Waals surface area contributed by atoms with Crippen LogP contribution in [-0.4, -0.2) is 27.0 Å². The first-order valence-electron chi connectivity index (χ1n) is 7.78. The van der Waals surface area contributed by atoms with Gasteiger partial charge in [0.2, 0.25) is 0 Å². The predicted molar refractivity (Wildman–Crippen MR) is 97.1 cm³/mol. The summed E-state index contributed by atoms with van der Waals surface area (Å²) in [5.74, 6) is -0.501. The quantitative estimate of drug-likeness (QED) is 0.672. The molecule has 0 fully saturated rings. The third kappa shape index (κ3) is 3.34. The maximum atomic E-state index is 13.2. The van der Waals surface area contributed by atoms with Gasteiger partial charge < -0.3 is 14.8 Å². The zero-order valence-electron chi connectivity index (χ0n) is 14.0. The molecule has 1 aliphatic rings. The van der Waals surface area contributed by atoms with Gasteiger partial charge in [-0.3, -0.25) is 9.48 Å². The van der Waals surface area contributed by atoms with Crippen molar-refractivity contribution in [2.45, 2.75) is 6.29 Å². The van der Waals surface area contributed by atoms with E-state index in [0.717, 1.165) is 0 Å². The van der Waals surface area contributed by atoms with Crippen LogP contribution in [0, 0.1) is 0 Å². The lowest BCUT2D eigenvalue weighted by Gasteiger charge is -2.08. The SMILES string of the molecule is Cn1ncc(Cl)c1C(=O)Nc1ccc(-c2cc3c(cc2Cl)OC(F)(F)O3)cn1. The predicted octanol–water partition coefficient (Wildman–Crippen LogP) is 4.36. The number of ether oxygens (including phenoxy) is 2. The minimum Gasteiger partial charge on any atom is -0.395 e. The smallest absolute Gasteiger partial charge is 0.395 e. The van der Waals surface area contributed by atoms with Gasteiger partial charge in [-0.05, 0) is 18.2 Å². The molecule has 28 heavy (non-hydrogen) atoms. The van der Waals surface area contributed by atoms with Crippen LogP contribution in [0.4, 0.5) is 14.6 Å². The van der Waals surface area contributed by atoms with Gasteiger partial charge in [0.05, 0.1) is 16.2 Å². The van der Waals surface area contributed by atoms with Crippen LogP contribution in [0.1, 0.15) is 10.5 Å². The minimum atomic E-state index is -3.73. The number of alkyl halides is 2. The van der Waals surface area contributed by atoms with Crippen LogP contribution < -0.4 is 14.8 Å². The Kier molecular flexibility index (Phi) is 4.35. The van der Waals surface area contributed by atoms with E-state index >= 15 is 0 Å². The van der Waals surface area contributed by atoms with E-state index in [4.69, 9.17) is 23.2 Å². The highest BCUT2D eigenvalue weighted by molar-refractivity contribution is 6.34. The molecule has 0 saturated heterocycles. The number of benzene rings is 1. The number of hydrogen-bond donors (Lipinski definition) is 1. The molecule has 0 saturated carbocycles. The van der Waals surface area contributed by atoms with Crippen molar-refractivity contribution in [3.8, 4) is 22.6 Å². The number of pyridine rings is 1. The molecule has 2 aromatic heterocycles. The molecular formula is C17H10Cl2F2N4O3. The number of fused-ring (bicyclic) bond motifs is 1. The molecule has 4 rings (SSSR count). The van der Waals surface area contributed by atoms with E-state index in [1.807, 2.05) is 0 Å². The fourth-order valence-electron chi connectivity index (χ4n) is 2.66. The van der Waals surface area contributed by atoms with Crippen molar-refractivity contribution in [3.05, 3.63) is 52.4 Å². The minimum absolute atomic E-state index is 0.132. The van der Waals surface area contributed by atoms with Crippen LogP contribution in [0.25, 0.3) is 11.1 Å². The highest BCUT2D eigenvalue weighted by Gasteiger charge is 2.43. The zero-order chi connectivity index (χ0) is 20.1. The standard InChI is InChI=1S/C17H10Cl2F2N4O3/c1-25-15(11(19)7-23-25)16(26)24-14-3-2-8(6-22-14)9-4-12-13(5-10(9)18)28-17(20,21)27-12/h2-7H,1H3,(H,22,24,26). The second-order valence-electron chi connectivity index (χ2n) is 5.80. The Balaban J connectivity index is 1.57. The first-order valence-corrected chi connectivity index (χ1v) is 8.54. The van der Waals surface area contributed by atoms with Crippen LogP contribution in [0.15, 0.2) is 36.7 Å². The molecule has 11 heteroatoms. The van der Waals surface area contributed by atoms with E-state index < -0.39 is 12.2 Å². The summed E-state index contributed by atoms with van der Waals surface area (Å²) in [6.07, 6.45) is -0.941. The number of rotatable bonds is 3. The second-order valence-corrected chi connectivity index (χ2v) is 6.61. The summed E-state index contributed by atoms with van der Waals surface area (Å²) in [5, 5.41) is 6.88. The molecule has 0 aliphatic carbocycles. The van der Waals surface area contributed by atoms with Crippen molar-refractivity contribution in [1.29, 1.82) is 0 Å². The second kappa shape index (κ2) is 6.61. The zero-order valence-corrected chi connectivity index (χ0v) is 15.6. The Labute approximate surface area is 166 Å². The molecule has 0 radical (unpaired) electrons. The monoisotopic (exact) mass is 426 g/mol. The first kappa shape index (κ1) is 18.5.